The number of benzene rings is 1. The number of aliphatic carboxylic acids is 1. The van der Waals surface area contributed by atoms with Gasteiger partial charge in [-0.1, -0.05) is 0 Å². The monoisotopic (exact) mass is 279 g/mol. The van der Waals surface area contributed by atoms with Crippen LogP contribution in [0.3, 0.4) is 0 Å². The Labute approximate surface area is 112 Å². The minimum atomic E-state index is -1.09. The van der Waals surface area contributed by atoms with Crippen LogP contribution in [0.4, 0.5) is 4.39 Å². The molecule has 19 heavy (non-hydrogen) atoms. The summed E-state index contributed by atoms with van der Waals surface area (Å²) in [5.41, 5.74) is 2.12. The Morgan fingerprint density at radius 1 is 1.47 bits per heavy atom. The maximum Gasteiger partial charge on any atom is 0.328 e. The molecule has 98 valence electrons. The average molecular weight is 279 g/mol. The fourth-order valence-corrected chi connectivity index (χ4v) is 1.91. The number of carboxylic acid groups (broad SMARTS) is 1. The van der Waals surface area contributed by atoms with Crippen LogP contribution in [0, 0.1) is 5.82 Å². The van der Waals surface area contributed by atoms with E-state index in [1.807, 2.05) is 0 Å². The molecule has 0 saturated carbocycles. The van der Waals surface area contributed by atoms with Crippen molar-refractivity contribution in [2.45, 2.75) is 6.61 Å². The molecule has 0 aliphatic rings. The second-order valence-corrected chi connectivity index (χ2v) is 4.62. The Kier molecular flexibility index (Phi) is 4.25. The Morgan fingerprint density at radius 3 is 3.00 bits per heavy atom. The summed E-state index contributed by atoms with van der Waals surface area (Å²) in [6.45, 7) is 0.302. The molecule has 0 atom stereocenters. The summed E-state index contributed by atoms with van der Waals surface area (Å²) in [6, 6.07) is 4.06. The van der Waals surface area contributed by atoms with Gasteiger partial charge in [0.1, 0.15) is 18.2 Å². The number of thiazole rings is 1. The quantitative estimate of drug-likeness (QED) is 0.855. The van der Waals surface area contributed by atoms with Crippen molar-refractivity contribution in [3.63, 3.8) is 0 Å². The van der Waals surface area contributed by atoms with Crippen molar-refractivity contribution in [2.75, 3.05) is 0 Å². The molecule has 6 heteroatoms. The number of ether oxygens (including phenoxy) is 1. The number of nitrogens with zero attached hydrogens (tertiary/aromatic N) is 1. The fraction of sp³-hybridized carbons (Fsp3) is 0.0769. The van der Waals surface area contributed by atoms with Crippen molar-refractivity contribution in [1.29, 1.82) is 0 Å². The molecule has 0 spiro atoms. The molecule has 2 rings (SSSR count). The van der Waals surface area contributed by atoms with Gasteiger partial charge in [0.2, 0.25) is 0 Å². The maximum atomic E-state index is 13.3. The van der Waals surface area contributed by atoms with E-state index >= 15 is 0 Å². The molecule has 0 unspecified atom stereocenters. The zero-order chi connectivity index (χ0) is 13.7. The van der Waals surface area contributed by atoms with E-state index in [4.69, 9.17) is 9.84 Å². The third kappa shape index (κ3) is 4.18. The van der Waals surface area contributed by atoms with Gasteiger partial charge in [-0.15, -0.1) is 11.3 Å². The molecule has 0 radical (unpaired) electrons. The molecule has 2 aromatic rings. The van der Waals surface area contributed by atoms with Crippen LogP contribution >= 0.6 is 11.3 Å². The number of rotatable bonds is 5. The summed E-state index contributed by atoms with van der Waals surface area (Å²) in [6.07, 6.45) is 3.93. The molecular weight excluding hydrogens is 269 g/mol. The van der Waals surface area contributed by atoms with E-state index in [2.05, 4.69) is 4.98 Å². The number of halogens is 1. The molecule has 0 fully saturated rings. The van der Waals surface area contributed by atoms with Crippen LogP contribution in [-0.4, -0.2) is 16.1 Å². The summed E-state index contributed by atoms with van der Waals surface area (Å²) in [7, 11) is 0. The molecule has 0 aliphatic heterocycles. The zero-order valence-corrected chi connectivity index (χ0v) is 10.6. The normalized spacial score (nSPS) is 10.8. The van der Waals surface area contributed by atoms with Crippen LogP contribution in [0.15, 0.2) is 36.0 Å². The molecule has 4 nitrogen and oxygen atoms in total. The predicted molar refractivity (Wildman–Crippen MR) is 69.5 cm³/mol. The lowest BCUT2D eigenvalue weighted by Crippen LogP contribution is -1.94. The van der Waals surface area contributed by atoms with E-state index in [0.717, 1.165) is 11.0 Å². The molecule has 0 bridgehead atoms. The maximum absolute atomic E-state index is 13.3. The molecule has 1 aromatic heterocycles. The van der Waals surface area contributed by atoms with Gasteiger partial charge in [-0.05, 0) is 23.8 Å². The molecule has 1 N–H and O–H groups in total. The summed E-state index contributed by atoms with van der Waals surface area (Å²) < 4.78 is 18.8. The SMILES string of the molecule is O=C(O)/C=C/c1cc(F)cc(OCc2cncs2)c1. The first-order chi connectivity index (χ1) is 9.13. The second-order valence-electron chi connectivity index (χ2n) is 3.65. The summed E-state index contributed by atoms with van der Waals surface area (Å²) >= 11 is 1.44. The van der Waals surface area contributed by atoms with Gasteiger partial charge in [0.15, 0.2) is 0 Å². The molecule has 1 heterocycles. The number of carbonyl (C=O) groups is 1. The molecule has 0 saturated heterocycles. The highest BCUT2D eigenvalue weighted by atomic mass is 32.1. The van der Waals surface area contributed by atoms with Crippen molar-refractivity contribution in [3.8, 4) is 5.75 Å². The van der Waals surface area contributed by atoms with Crippen molar-refractivity contribution in [2.24, 2.45) is 0 Å². The Bertz CT molecular complexity index is 596. The van der Waals surface area contributed by atoms with Crippen LogP contribution < -0.4 is 4.74 Å². The van der Waals surface area contributed by atoms with Gasteiger partial charge in [0, 0.05) is 18.3 Å². The van der Waals surface area contributed by atoms with Crippen molar-refractivity contribution in [1.82, 2.24) is 4.98 Å². The molecule has 0 aliphatic carbocycles. The standard InChI is InChI=1S/C13H10FNO3S/c14-10-3-9(1-2-13(16)17)4-11(5-10)18-7-12-6-15-8-19-12/h1-6,8H,7H2,(H,16,17)/b2-1+. The fourth-order valence-electron chi connectivity index (χ4n) is 1.40. The molecule has 0 amide bonds. The van der Waals surface area contributed by atoms with Crippen molar-refractivity contribution < 1.29 is 19.0 Å². The van der Waals surface area contributed by atoms with Gasteiger partial charge in [-0.2, -0.15) is 0 Å². The molecular formula is C13H10FNO3S. The highest BCUT2D eigenvalue weighted by molar-refractivity contribution is 7.09. The van der Waals surface area contributed by atoms with E-state index < -0.39 is 11.8 Å². The van der Waals surface area contributed by atoms with Crippen molar-refractivity contribution >= 4 is 23.4 Å². The van der Waals surface area contributed by atoms with Gasteiger partial charge in [0.05, 0.1) is 10.4 Å². The zero-order valence-electron chi connectivity index (χ0n) is 9.75. The average Bonchev–Trinajstić information content (AvgIpc) is 2.86. The van der Waals surface area contributed by atoms with E-state index in [9.17, 15) is 9.18 Å². The third-order valence-electron chi connectivity index (χ3n) is 2.18. The van der Waals surface area contributed by atoms with Gasteiger partial charge in [-0.3, -0.25) is 4.98 Å². The topological polar surface area (TPSA) is 59.4 Å². The molecule has 1 aromatic carbocycles. The number of aromatic nitrogens is 1. The lowest BCUT2D eigenvalue weighted by atomic mass is 10.2. The lowest BCUT2D eigenvalue weighted by molar-refractivity contribution is -0.131. The van der Waals surface area contributed by atoms with E-state index in [0.29, 0.717) is 17.9 Å². The van der Waals surface area contributed by atoms with Crippen LogP contribution in [-0.2, 0) is 11.4 Å². The van der Waals surface area contributed by atoms with Gasteiger partial charge < -0.3 is 9.84 Å². The van der Waals surface area contributed by atoms with E-state index in [1.165, 1.54) is 29.5 Å². The summed E-state index contributed by atoms with van der Waals surface area (Å²) in [5, 5.41) is 8.52. The van der Waals surface area contributed by atoms with Crippen LogP contribution in [0.5, 0.6) is 5.75 Å². The minimum absolute atomic E-state index is 0.302. The highest BCUT2D eigenvalue weighted by Gasteiger charge is 2.02. The summed E-state index contributed by atoms with van der Waals surface area (Å²) in [4.78, 5) is 15.2. The van der Waals surface area contributed by atoms with Crippen LogP contribution in [0.2, 0.25) is 0 Å². The lowest BCUT2D eigenvalue weighted by Gasteiger charge is -2.05. The Morgan fingerprint density at radius 2 is 2.32 bits per heavy atom. The van der Waals surface area contributed by atoms with E-state index in [1.54, 1.807) is 17.8 Å². The largest absolute Gasteiger partial charge is 0.488 e. The number of hydrogen-bond acceptors (Lipinski definition) is 4. The first-order valence-electron chi connectivity index (χ1n) is 5.35. The van der Waals surface area contributed by atoms with Gasteiger partial charge in [0.25, 0.3) is 0 Å². The smallest absolute Gasteiger partial charge is 0.328 e. The highest BCUT2D eigenvalue weighted by Crippen LogP contribution is 2.19. The van der Waals surface area contributed by atoms with Crippen LogP contribution in [0.25, 0.3) is 6.08 Å². The third-order valence-corrected chi connectivity index (χ3v) is 2.93. The first-order valence-corrected chi connectivity index (χ1v) is 6.23. The second kappa shape index (κ2) is 6.10. The van der Waals surface area contributed by atoms with Gasteiger partial charge >= 0.3 is 5.97 Å². The Balaban J connectivity index is 2.10. The predicted octanol–water partition coefficient (Wildman–Crippen LogP) is 2.96. The number of hydrogen-bond donors (Lipinski definition) is 1. The van der Waals surface area contributed by atoms with Crippen LogP contribution in [0.1, 0.15) is 10.4 Å². The minimum Gasteiger partial charge on any atom is -0.488 e. The van der Waals surface area contributed by atoms with Crippen molar-refractivity contribution in [3.05, 3.63) is 52.2 Å². The first kappa shape index (κ1) is 13.2. The Hall–Kier alpha value is -2.21. The van der Waals surface area contributed by atoms with Gasteiger partial charge in [-0.25, -0.2) is 9.18 Å². The summed E-state index contributed by atoms with van der Waals surface area (Å²) in [5.74, 6) is -1.22. The van der Waals surface area contributed by atoms with E-state index in [-0.39, 0.29) is 0 Å². The number of carboxylic acids is 1.